The lowest BCUT2D eigenvalue weighted by atomic mass is 10.2. The van der Waals surface area contributed by atoms with Gasteiger partial charge in [0.2, 0.25) is 5.91 Å². The highest BCUT2D eigenvalue weighted by Crippen LogP contribution is 2.15. The highest BCUT2D eigenvalue weighted by Gasteiger charge is 2.09. The molecule has 0 aromatic heterocycles. The van der Waals surface area contributed by atoms with Gasteiger partial charge in [-0.3, -0.25) is 4.79 Å². The van der Waals surface area contributed by atoms with E-state index in [1.165, 1.54) is 12.1 Å². The van der Waals surface area contributed by atoms with Crippen LogP contribution in [0, 0.1) is 0 Å². The number of alkyl halides is 2. The molecule has 0 spiro atoms. The van der Waals surface area contributed by atoms with Crippen LogP contribution >= 0.6 is 0 Å². The number of hydrogen-bond acceptors (Lipinski definition) is 3. The quantitative estimate of drug-likeness (QED) is 0.823. The summed E-state index contributed by atoms with van der Waals surface area (Å²) in [5, 5.41) is 2.91. The second-order valence-electron chi connectivity index (χ2n) is 4.13. The van der Waals surface area contributed by atoms with Gasteiger partial charge < -0.3 is 15.0 Å². The molecular formula is C13H18F2N2O2. The standard InChI is InChI=1S/C13H18F2N2O2/c1-16-8-7-12(18)17(2)9-10-3-5-11(6-4-10)19-13(14)15/h3-6,13,16H,7-9H2,1-2H3. The summed E-state index contributed by atoms with van der Waals surface area (Å²) in [4.78, 5) is 13.3. The van der Waals surface area contributed by atoms with Crippen LogP contribution in [0.4, 0.5) is 8.78 Å². The number of carbonyl (C=O) groups is 1. The summed E-state index contributed by atoms with van der Waals surface area (Å²) < 4.78 is 28.2. The third-order valence-electron chi connectivity index (χ3n) is 2.58. The number of hydrogen-bond donors (Lipinski definition) is 1. The van der Waals surface area contributed by atoms with Crippen molar-refractivity contribution < 1.29 is 18.3 Å². The summed E-state index contributed by atoms with van der Waals surface area (Å²) in [6, 6.07) is 6.26. The number of benzene rings is 1. The van der Waals surface area contributed by atoms with E-state index in [2.05, 4.69) is 10.1 Å². The highest BCUT2D eigenvalue weighted by molar-refractivity contribution is 5.76. The van der Waals surface area contributed by atoms with E-state index < -0.39 is 6.61 Å². The van der Waals surface area contributed by atoms with Crippen molar-refractivity contribution in [3.63, 3.8) is 0 Å². The van der Waals surface area contributed by atoms with Crippen LogP contribution < -0.4 is 10.1 Å². The smallest absolute Gasteiger partial charge is 0.387 e. The van der Waals surface area contributed by atoms with E-state index >= 15 is 0 Å². The second-order valence-corrected chi connectivity index (χ2v) is 4.13. The molecule has 4 nitrogen and oxygen atoms in total. The zero-order valence-electron chi connectivity index (χ0n) is 11.0. The topological polar surface area (TPSA) is 41.6 Å². The van der Waals surface area contributed by atoms with Gasteiger partial charge in [-0.15, -0.1) is 0 Å². The third kappa shape index (κ3) is 5.65. The molecule has 19 heavy (non-hydrogen) atoms. The summed E-state index contributed by atoms with van der Waals surface area (Å²) in [5.41, 5.74) is 0.863. The Hall–Kier alpha value is -1.69. The molecule has 106 valence electrons. The van der Waals surface area contributed by atoms with Gasteiger partial charge in [-0.2, -0.15) is 8.78 Å². The van der Waals surface area contributed by atoms with Crippen molar-refractivity contribution in [3.05, 3.63) is 29.8 Å². The van der Waals surface area contributed by atoms with Crippen LogP contribution in [0.1, 0.15) is 12.0 Å². The summed E-state index contributed by atoms with van der Waals surface area (Å²) in [6.07, 6.45) is 0.430. The van der Waals surface area contributed by atoms with Gasteiger partial charge in [0.15, 0.2) is 0 Å². The molecule has 1 amide bonds. The molecule has 1 aromatic carbocycles. The third-order valence-corrected chi connectivity index (χ3v) is 2.58. The molecule has 0 radical (unpaired) electrons. The molecule has 0 aliphatic carbocycles. The molecule has 1 rings (SSSR count). The first-order chi connectivity index (χ1) is 9.02. The lowest BCUT2D eigenvalue weighted by Gasteiger charge is -2.17. The largest absolute Gasteiger partial charge is 0.435 e. The van der Waals surface area contributed by atoms with Gasteiger partial charge in [0.25, 0.3) is 0 Å². The number of nitrogens with zero attached hydrogens (tertiary/aromatic N) is 1. The number of halogens is 2. The number of ether oxygens (including phenoxy) is 1. The van der Waals surface area contributed by atoms with E-state index in [4.69, 9.17) is 0 Å². The van der Waals surface area contributed by atoms with E-state index in [0.29, 0.717) is 19.5 Å². The summed E-state index contributed by atoms with van der Waals surface area (Å²) in [5.74, 6) is 0.144. The maximum absolute atomic E-state index is 12.0. The minimum atomic E-state index is -2.82. The zero-order valence-corrected chi connectivity index (χ0v) is 11.0. The predicted octanol–water partition coefficient (Wildman–Crippen LogP) is 1.86. The summed E-state index contributed by atoms with van der Waals surface area (Å²) >= 11 is 0. The molecule has 0 saturated carbocycles. The Morgan fingerprint density at radius 2 is 2.00 bits per heavy atom. The second kappa shape index (κ2) is 7.68. The maximum atomic E-state index is 12.0. The van der Waals surface area contributed by atoms with Crippen LogP contribution in [0.3, 0.4) is 0 Å². The van der Waals surface area contributed by atoms with Crippen molar-refractivity contribution in [3.8, 4) is 5.75 Å². The molecule has 1 N–H and O–H groups in total. The SMILES string of the molecule is CNCCC(=O)N(C)Cc1ccc(OC(F)F)cc1. The molecule has 0 aliphatic heterocycles. The van der Waals surface area contributed by atoms with Gasteiger partial charge >= 0.3 is 6.61 Å². The van der Waals surface area contributed by atoms with E-state index in [1.807, 2.05) is 0 Å². The van der Waals surface area contributed by atoms with Crippen molar-refractivity contribution in [2.24, 2.45) is 0 Å². The van der Waals surface area contributed by atoms with Gasteiger partial charge in [0, 0.05) is 26.6 Å². The summed E-state index contributed by atoms with van der Waals surface area (Å²) in [7, 11) is 3.50. The fourth-order valence-corrected chi connectivity index (χ4v) is 1.56. The van der Waals surface area contributed by atoms with Crippen molar-refractivity contribution in [1.29, 1.82) is 0 Å². The molecule has 6 heteroatoms. The van der Waals surface area contributed by atoms with Crippen LogP contribution in [-0.4, -0.2) is 38.1 Å². The van der Waals surface area contributed by atoms with E-state index in [-0.39, 0.29) is 11.7 Å². The minimum absolute atomic E-state index is 0.0299. The van der Waals surface area contributed by atoms with Gasteiger partial charge in [-0.25, -0.2) is 0 Å². The molecule has 0 fully saturated rings. The van der Waals surface area contributed by atoms with Crippen molar-refractivity contribution in [2.75, 3.05) is 20.6 Å². The van der Waals surface area contributed by atoms with Crippen LogP contribution in [0.15, 0.2) is 24.3 Å². The maximum Gasteiger partial charge on any atom is 0.387 e. The number of rotatable bonds is 7. The molecule has 0 atom stereocenters. The molecular weight excluding hydrogens is 254 g/mol. The van der Waals surface area contributed by atoms with E-state index in [0.717, 1.165) is 5.56 Å². The van der Waals surface area contributed by atoms with Crippen molar-refractivity contribution >= 4 is 5.91 Å². The van der Waals surface area contributed by atoms with Gasteiger partial charge in [-0.05, 0) is 24.7 Å². The Labute approximate surface area is 111 Å². The van der Waals surface area contributed by atoms with Crippen LogP contribution in [-0.2, 0) is 11.3 Å². The zero-order chi connectivity index (χ0) is 14.3. The molecule has 0 saturated heterocycles. The predicted molar refractivity (Wildman–Crippen MR) is 68.1 cm³/mol. The van der Waals surface area contributed by atoms with Crippen LogP contribution in [0.25, 0.3) is 0 Å². The minimum Gasteiger partial charge on any atom is -0.435 e. The normalized spacial score (nSPS) is 10.6. The summed E-state index contributed by atoms with van der Waals surface area (Å²) in [6.45, 7) is -1.75. The first-order valence-electron chi connectivity index (χ1n) is 5.95. The van der Waals surface area contributed by atoms with Gasteiger partial charge in [0.05, 0.1) is 0 Å². The molecule has 0 heterocycles. The molecule has 0 aliphatic rings. The lowest BCUT2D eigenvalue weighted by molar-refractivity contribution is -0.130. The monoisotopic (exact) mass is 272 g/mol. The molecule has 1 aromatic rings. The Balaban J connectivity index is 2.50. The molecule has 0 bridgehead atoms. The fraction of sp³-hybridized carbons (Fsp3) is 0.462. The van der Waals surface area contributed by atoms with Gasteiger partial charge in [0.1, 0.15) is 5.75 Å². The van der Waals surface area contributed by atoms with Crippen LogP contribution in [0.5, 0.6) is 5.75 Å². The first-order valence-corrected chi connectivity index (χ1v) is 5.95. The lowest BCUT2D eigenvalue weighted by Crippen LogP contribution is -2.28. The average Bonchev–Trinajstić information content (AvgIpc) is 2.37. The Morgan fingerprint density at radius 1 is 1.37 bits per heavy atom. The van der Waals surface area contributed by atoms with Crippen LogP contribution in [0.2, 0.25) is 0 Å². The fourth-order valence-electron chi connectivity index (χ4n) is 1.56. The Kier molecular flexibility index (Phi) is 6.21. The number of nitrogens with one attached hydrogen (secondary N) is 1. The molecule has 0 unspecified atom stereocenters. The van der Waals surface area contributed by atoms with Crippen molar-refractivity contribution in [2.45, 2.75) is 19.6 Å². The Morgan fingerprint density at radius 3 is 2.53 bits per heavy atom. The first kappa shape index (κ1) is 15.4. The number of amides is 1. The van der Waals surface area contributed by atoms with E-state index in [9.17, 15) is 13.6 Å². The number of carbonyl (C=O) groups excluding carboxylic acids is 1. The van der Waals surface area contributed by atoms with Gasteiger partial charge in [-0.1, -0.05) is 12.1 Å². The Bertz CT molecular complexity index is 396. The van der Waals surface area contributed by atoms with Crippen molar-refractivity contribution in [1.82, 2.24) is 10.2 Å². The highest BCUT2D eigenvalue weighted by atomic mass is 19.3. The van der Waals surface area contributed by atoms with E-state index in [1.54, 1.807) is 31.1 Å². The average molecular weight is 272 g/mol.